The Balaban J connectivity index is 1.47. The van der Waals surface area contributed by atoms with E-state index in [4.69, 9.17) is 4.74 Å². The zero-order chi connectivity index (χ0) is 16.1. The molecule has 0 saturated carbocycles. The molecule has 1 fully saturated rings. The lowest BCUT2D eigenvalue weighted by atomic mass is 10.1. The Morgan fingerprint density at radius 3 is 3.00 bits per heavy atom. The third-order valence-corrected chi connectivity index (χ3v) is 5.25. The highest BCUT2D eigenvalue weighted by Crippen LogP contribution is 2.34. The van der Waals surface area contributed by atoms with Crippen LogP contribution in [0.2, 0.25) is 0 Å². The Hall–Kier alpha value is -1.53. The molecule has 0 aromatic heterocycles. The van der Waals surface area contributed by atoms with Gasteiger partial charge < -0.3 is 15.0 Å². The molecule has 0 aliphatic carbocycles. The third kappa shape index (κ3) is 4.26. The van der Waals surface area contributed by atoms with Crippen molar-refractivity contribution in [1.29, 1.82) is 0 Å². The molecule has 6 heteroatoms. The molecule has 5 nitrogen and oxygen atoms in total. The Morgan fingerprint density at radius 2 is 2.17 bits per heavy atom. The Kier molecular flexibility index (Phi) is 5.56. The van der Waals surface area contributed by atoms with E-state index in [2.05, 4.69) is 5.32 Å². The number of nitrogens with one attached hydrogen (secondary N) is 1. The standard InChI is InChI=1S/C17H22N2O3S/c20-16(18-11-13-7-9-22-12-13)5-6-17(21)19-8-10-23-15-4-2-1-3-14(15)19/h1-4,13H,5-12H2,(H,18,20). The second-order valence-corrected chi connectivity index (χ2v) is 7.03. The molecule has 2 aliphatic heterocycles. The summed E-state index contributed by atoms with van der Waals surface area (Å²) < 4.78 is 5.29. The minimum absolute atomic E-state index is 0.0251. The van der Waals surface area contributed by atoms with Gasteiger partial charge in [-0.05, 0) is 18.6 Å². The van der Waals surface area contributed by atoms with E-state index in [1.165, 1.54) is 0 Å². The topological polar surface area (TPSA) is 58.6 Å². The first kappa shape index (κ1) is 16.3. The van der Waals surface area contributed by atoms with Crippen LogP contribution >= 0.6 is 11.8 Å². The van der Waals surface area contributed by atoms with Crippen LogP contribution in [0.15, 0.2) is 29.2 Å². The molecule has 1 atom stereocenters. The van der Waals surface area contributed by atoms with Crippen LogP contribution < -0.4 is 10.2 Å². The van der Waals surface area contributed by atoms with Crippen LogP contribution in [0.4, 0.5) is 5.69 Å². The SMILES string of the molecule is O=C(CCC(=O)N1CCSc2ccccc21)NCC1CCOC1. The van der Waals surface area contributed by atoms with E-state index in [0.717, 1.165) is 36.0 Å². The number of fused-ring (bicyclic) bond motifs is 1. The van der Waals surface area contributed by atoms with E-state index in [1.807, 2.05) is 29.2 Å². The molecular weight excluding hydrogens is 312 g/mol. The summed E-state index contributed by atoms with van der Waals surface area (Å²) in [5.74, 6) is 1.29. The van der Waals surface area contributed by atoms with Gasteiger partial charge in [0.2, 0.25) is 11.8 Å². The quantitative estimate of drug-likeness (QED) is 0.895. The van der Waals surface area contributed by atoms with Gasteiger partial charge in [0, 0.05) is 49.1 Å². The van der Waals surface area contributed by atoms with Crippen molar-refractivity contribution in [3.8, 4) is 0 Å². The van der Waals surface area contributed by atoms with Crippen molar-refractivity contribution in [2.75, 3.05) is 37.0 Å². The molecule has 1 N–H and O–H groups in total. The van der Waals surface area contributed by atoms with Crippen molar-refractivity contribution < 1.29 is 14.3 Å². The summed E-state index contributed by atoms with van der Waals surface area (Å²) in [6, 6.07) is 7.94. The maximum absolute atomic E-state index is 12.4. The van der Waals surface area contributed by atoms with E-state index >= 15 is 0 Å². The molecule has 2 aliphatic rings. The van der Waals surface area contributed by atoms with Crippen molar-refractivity contribution in [3.05, 3.63) is 24.3 Å². The molecule has 0 bridgehead atoms. The fourth-order valence-electron chi connectivity index (χ4n) is 2.87. The number of hydrogen-bond acceptors (Lipinski definition) is 4. The molecule has 1 aromatic rings. The van der Waals surface area contributed by atoms with E-state index in [1.54, 1.807) is 11.8 Å². The summed E-state index contributed by atoms with van der Waals surface area (Å²) in [6.07, 6.45) is 1.51. The number of carbonyl (C=O) groups is 2. The molecule has 124 valence electrons. The minimum Gasteiger partial charge on any atom is -0.381 e. The molecule has 1 saturated heterocycles. The number of benzene rings is 1. The third-order valence-electron chi connectivity index (χ3n) is 4.21. The number of thioether (sulfide) groups is 1. The second-order valence-electron chi connectivity index (χ2n) is 5.90. The van der Waals surface area contributed by atoms with Crippen molar-refractivity contribution in [1.82, 2.24) is 5.32 Å². The molecule has 1 unspecified atom stereocenters. The molecule has 1 aromatic carbocycles. The zero-order valence-corrected chi connectivity index (χ0v) is 13.9. The number of amides is 2. The van der Waals surface area contributed by atoms with Gasteiger partial charge in [-0.2, -0.15) is 0 Å². The largest absolute Gasteiger partial charge is 0.381 e. The normalized spacial score (nSPS) is 20.2. The van der Waals surface area contributed by atoms with Crippen molar-refractivity contribution >= 4 is 29.3 Å². The highest BCUT2D eigenvalue weighted by molar-refractivity contribution is 7.99. The van der Waals surface area contributed by atoms with Crippen LogP contribution in [0.25, 0.3) is 0 Å². The van der Waals surface area contributed by atoms with Gasteiger partial charge in [0.15, 0.2) is 0 Å². The first-order valence-electron chi connectivity index (χ1n) is 8.10. The van der Waals surface area contributed by atoms with Crippen LogP contribution in [-0.2, 0) is 14.3 Å². The fraction of sp³-hybridized carbons (Fsp3) is 0.529. The first-order chi connectivity index (χ1) is 11.2. The van der Waals surface area contributed by atoms with Gasteiger partial charge in [0.1, 0.15) is 0 Å². The number of nitrogens with zero attached hydrogens (tertiary/aromatic N) is 1. The molecule has 23 heavy (non-hydrogen) atoms. The molecule has 2 amide bonds. The van der Waals surface area contributed by atoms with Crippen LogP contribution in [0.5, 0.6) is 0 Å². The molecule has 2 heterocycles. The predicted octanol–water partition coefficient (Wildman–Crippen LogP) is 2.06. The summed E-state index contributed by atoms with van der Waals surface area (Å²) in [7, 11) is 0. The first-order valence-corrected chi connectivity index (χ1v) is 9.09. The monoisotopic (exact) mass is 334 g/mol. The Bertz CT molecular complexity index is 573. The van der Waals surface area contributed by atoms with Gasteiger partial charge in [0.05, 0.1) is 12.3 Å². The Labute approximate surface area is 140 Å². The Morgan fingerprint density at radius 1 is 1.30 bits per heavy atom. The van der Waals surface area contributed by atoms with E-state index < -0.39 is 0 Å². The fourth-order valence-corrected chi connectivity index (χ4v) is 3.87. The lowest BCUT2D eigenvalue weighted by molar-refractivity contribution is -0.125. The number of hydrogen-bond donors (Lipinski definition) is 1. The number of anilines is 1. The van der Waals surface area contributed by atoms with Gasteiger partial charge in [-0.1, -0.05) is 12.1 Å². The van der Waals surface area contributed by atoms with E-state index in [9.17, 15) is 9.59 Å². The molecule has 0 spiro atoms. The zero-order valence-electron chi connectivity index (χ0n) is 13.1. The highest BCUT2D eigenvalue weighted by atomic mass is 32.2. The van der Waals surface area contributed by atoms with Crippen LogP contribution in [-0.4, -0.2) is 43.9 Å². The van der Waals surface area contributed by atoms with Gasteiger partial charge >= 0.3 is 0 Å². The van der Waals surface area contributed by atoms with Crippen molar-refractivity contribution in [2.45, 2.75) is 24.2 Å². The minimum atomic E-state index is -0.0510. The van der Waals surface area contributed by atoms with Gasteiger partial charge in [-0.15, -0.1) is 11.8 Å². The smallest absolute Gasteiger partial charge is 0.227 e. The maximum atomic E-state index is 12.4. The molecular formula is C17H22N2O3S. The number of carbonyl (C=O) groups excluding carboxylic acids is 2. The lowest BCUT2D eigenvalue weighted by Crippen LogP contribution is -2.36. The molecule has 0 radical (unpaired) electrons. The van der Waals surface area contributed by atoms with Crippen molar-refractivity contribution in [3.63, 3.8) is 0 Å². The van der Waals surface area contributed by atoms with Gasteiger partial charge in [-0.25, -0.2) is 0 Å². The van der Waals surface area contributed by atoms with Crippen LogP contribution in [0, 0.1) is 5.92 Å². The van der Waals surface area contributed by atoms with E-state index in [-0.39, 0.29) is 24.7 Å². The highest BCUT2D eigenvalue weighted by Gasteiger charge is 2.23. The van der Waals surface area contributed by atoms with Gasteiger partial charge in [-0.3, -0.25) is 9.59 Å². The summed E-state index contributed by atoms with van der Waals surface area (Å²) in [5, 5.41) is 2.91. The molecule has 3 rings (SSSR count). The average molecular weight is 334 g/mol. The maximum Gasteiger partial charge on any atom is 0.227 e. The van der Waals surface area contributed by atoms with E-state index in [0.29, 0.717) is 19.0 Å². The van der Waals surface area contributed by atoms with Gasteiger partial charge in [0.25, 0.3) is 0 Å². The van der Waals surface area contributed by atoms with Crippen molar-refractivity contribution in [2.24, 2.45) is 5.92 Å². The number of ether oxygens (including phenoxy) is 1. The summed E-state index contributed by atoms with van der Waals surface area (Å²) in [5.41, 5.74) is 0.970. The predicted molar refractivity (Wildman–Crippen MR) is 90.7 cm³/mol. The summed E-state index contributed by atoms with van der Waals surface area (Å²) in [6.45, 7) is 2.87. The number of para-hydroxylation sites is 1. The number of rotatable bonds is 5. The second kappa shape index (κ2) is 7.84. The lowest BCUT2D eigenvalue weighted by Gasteiger charge is -2.29. The van der Waals surface area contributed by atoms with Crippen LogP contribution in [0.3, 0.4) is 0 Å². The van der Waals surface area contributed by atoms with Crippen LogP contribution in [0.1, 0.15) is 19.3 Å². The summed E-state index contributed by atoms with van der Waals surface area (Å²) >= 11 is 1.77. The summed E-state index contributed by atoms with van der Waals surface area (Å²) in [4.78, 5) is 27.3. The average Bonchev–Trinajstić information content (AvgIpc) is 3.11.